The molecule has 5 N–H and O–H groups in total. The molecular formula is C10H10F3N3O7. The Labute approximate surface area is 125 Å². The Hall–Kier alpha value is -2.96. The summed E-state index contributed by atoms with van der Waals surface area (Å²) >= 11 is 0. The number of alkyl halides is 3. The van der Waals surface area contributed by atoms with Crippen molar-refractivity contribution in [1.82, 2.24) is 10.3 Å². The number of amides is 3. The number of carboxylic acid groups (broad SMARTS) is 2. The van der Waals surface area contributed by atoms with E-state index in [1.54, 1.807) is 5.43 Å². The Balaban J connectivity index is 0.000000585. The average Bonchev–Trinajstić information content (AvgIpc) is 2.70. The standard InChI is InChI=1S/C8H9N3O5.C2HF3O2/c9-10-7(15)4-3-5(12)11(8(4)16)2-1-6(13)14;3-2(4,5)1(6)7/h3H,1-2,9H2,(H,10,15)(H,13,14);(H,6,7). The lowest BCUT2D eigenvalue weighted by molar-refractivity contribution is -0.192. The second kappa shape index (κ2) is 7.88. The molecule has 0 radical (unpaired) electrons. The van der Waals surface area contributed by atoms with Crippen LogP contribution in [0.5, 0.6) is 0 Å². The molecule has 0 saturated heterocycles. The summed E-state index contributed by atoms with van der Waals surface area (Å²) < 4.78 is 31.7. The molecule has 0 unspecified atom stereocenters. The van der Waals surface area contributed by atoms with Crippen molar-refractivity contribution in [3.63, 3.8) is 0 Å². The van der Waals surface area contributed by atoms with Crippen LogP contribution in [0, 0.1) is 0 Å². The third kappa shape index (κ3) is 6.13. The topological polar surface area (TPSA) is 167 Å². The maximum Gasteiger partial charge on any atom is 0.490 e. The maximum atomic E-state index is 11.5. The molecule has 23 heavy (non-hydrogen) atoms. The summed E-state index contributed by atoms with van der Waals surface area (Å²) in [6.07, 6.45) is -4.63. The Morgan fingerprint density at radius 2 is 1.70 bits per heavy atom. The first-order valence-corrected chi connectivity index (χ1v) is 5.52. The second-order valence-electron chi connectivity index (χ2n) is 3.77. The number of carbonyl (C=O) groups excluding carboxylic acids is 3. The number of hydrogen-bond acceptors (Lipinski definition) is 6. The van der Waals surface area contributed by atoms with Crippen molar-refractivity contribution >= 4 is 29.7 Å². The molecule has 0 saturated carbocycles. The zero-order valence-corrected chi connectivity index (χ0v) is 11.1. The third-order valence-electron chi connectivity index (χ3n) is 2.18. The zero-order chi connectivity index (χ0) is 18.4. The van der Waals surface area contributed by atoms with Crippen molar-refractivity contribution in [2.45, 2.75) is 12.6 Å². The summed E-state index contributed by atoms with van der Waals surface area (Å²) in [6.45, 7) is -0.273. The van der Waals surface area contributed by atoms with Gasteiger partial charge in [-0.15, -0.1) is 0 Å². The van der Waals surface area contributed by atoms with Gasteiger partial charge in [-0.1, -0.05) is 0 Å². The molecule has 0 aromatic heterocycles. The van der Waals surface area contributed by atoms with Crippen LogP contribution in [-0.2, 0) is 24.0 Å². The van der Waals surface area contributed by atoms with E-state index in [2.05, 4.69) is 0 Å². The second-order valence-corrected chi connectivity index (χ2v) is 3.77. The minimum absolute atomic E-state index is 0.273. The lowest BCUT2D eigenvalue weighted by atomic mass is 10.2. The summed E-state index contributed by atoms with van der Waals surface area (Å²) in [7, 11) is 0. The van der Waals surface area contributed by atoms with Gasteiger partial charge in [-0.3, -0.25) is 29.5 Å². The van der Waals surface area contributed by atoms with Gasteiger partial charge in [-0.2, -0.15) is 13.2 Å². The van der Waals surface area contributed by atoms with Gasteiger partial charge in [-0.25, -0.2) is 10.6 Å². The van der Waals surface area contributed by atoms with E-state index in [1.807, 2.05) is 0 Å². The van der Waals surface area contributed by atoms with Gasteiger partial charge < -0.3 is 10.2 Å². The van der Waals surface area contributed by atoms with Gasteiger partial charge in [0.1, 0.15) is 5.57 Å². The molecule has 13 heteroatoms. The molecule has 0 aromatic rings. The molecule has 0 bridgehead atoms. The Bertz CT molecular complexity index is 571. The van der Waals surface area contributed by atoms with E-state index in [0.717, 1.165) is 6.08 Å². The van der Waals surface area contributed by atoms with E-state index in [1.165, 1.54) is 0 Å². The van der Waals surface area contributed by atoms with E-state index in [9.17, 15) is 32.3 Å². The first-order chi connectivity index (χ1) is 10.4. The average molecular weight is 341 g/mol. The number of hydrogen-bond donors (Lipinski definition) is 4. The van der Waals surface area contributed by atoms with Gasteiger partial charge in [0.15, 0.2) is 0 Å². The van der Waals surface area contributed by atoms with Crippen LogP contribution in [0.25, 0.3) is 0 Å². The molecule has 1 rings (SSSR count). The van der Waals surface area contributed by atoms with Crippen molar-refractivity contribution in [3.8, 4) is 0 Å². The van der Waals surface area contributed by atoms with Gasteiger partial charge in [0.25, 0.3) is 17.7 Å². The van der Waals surface area contributed by atoms with Gasteiger partial charge in [0, 0.05) is 12.6 Å². The molecule has 0 aromatic carbocycles. The Morgan fingerprint density at radius 3 is 2.04 bits per heavy atom. The van der Waals surface area contributed by atoms with Crippen LogP contribution in [0.15, 0.2) is 11.6 Å². The number of aliphatic carboxylic acids is 2. The molecule has 0 spiro atoms. The van der Waals surface area contributed by atoms with Crippen LogP contribution in [-0.4, -0.2) is 57.5 Å². The Morgan fingerprint density at radius 1 is 1.22 bits per heavy atom. The number of halogens is 3. The van der Waals surface area contributed by atoms with E-state index in [-0.39, 0.29) is 13.0 Å². The number of carboxylic acids is 2. The largest absolute Gasteiger partial charge is 0.490 e. The minimum atomic E-state index is -5.08. The molecule has 1 aliphatic rings. The fourth-order valence-electron chi connectivity index (χ4n) is 1.17. The predicted octanol–water partition coefficient (Wildman–Crippen LogP) is -1.62. The van der Waals surface area contributed by atoms with Crippen molar-refractivity contribution in [2.24, 2.45) is 5.84 Å². The number of imide groups is 1. The Kier molecular flexibility index (Phi) is 6.87. The zero-order valence-electron chi connectivity index (χ0n) is 11.1. The summed E-state index contributed by atoms with van der Waals surface area (Å²) in [6, 6.07) is 0. The number of carbonyl (C=O) groups is 5. The predicted molar refractivity (Wildman–Crippen MR) is 63.1 cm³/mol. The van der Waals surface area contributed by atoms with Crippen LogP contribution in [0.3, 0.4) is 0 Å². The lowest BCUT2D eigenvalue weighted by Crippen LogP contribution is -2.38. The maximum absolute atomic E-state index is 11.5. The smallest absolute Gasteiger partial charge is 0.481 e. The third-order valence-corrected chi connectivity index (χ3v) is 2.18. The van der Waals surface area contributed by atoms with Crippen LogP contribution in [0.2, 0.25) is 0 Å². The normalized spacial score (nSPS) is 13.9. The van der Waals surface area contributed by atoms with Crippen LogP contribution in [0.1, 0.15) is 6.42 Å². The molecule has 0 fully saturated rings. The van der Waals surface area contributed by atoms with Gasteiger partial charge >= 0.3 is 18.1 Å². The molecule has 128 valence electrons. The van der Waals surface area contributed by atoms with E-state index in [0.29, 0.717) is 4.90 Å². The minimum Gasteiger partial charge on any atom is -0.481 e. The van der Waals surface area contributed by atoms with Crippen molar-refractivity contribution < 1.29 is 47.4 Å². The quantitative estimate of drug-likeness (QED) is 0.156. The first kappa shape index (κ1) is 20.0. The van der Waals surface area contributed by atoms with Crippen molar-refractivity contribution in [3.05, 3.63) is 11.6 Å². The van der Waals surface area contributed by atoms with Crippen molar-refractivity contribution in [2.75, 3.05) is 6.54 Å². The highest BCUT2D eigenvalue weighted by Crippen LogP contribution is 2.13. The highest BCUT2D eigenvalue weighted by molar-refractivity contribution is 6.29. The number of hydrazine groups is 1. The first-order valence-electron chi connectivity index (χ1n) is 5.52. The fraction of sp³-hybridized carbons (Fsp3) is 0.300. The lowest BCUT2D eigenvalue weighted by Gasteiger charge is -2.12. The van der Waals surface area contributed by atoms with Crippen LogP contribution in [0.4, 0.5) is 13.2 Å². The fourth-order valence-corrected chi connectivity index (χ4v) is 1.17. The van der Waals surface area contributed by atoms with E-state index >= 15 is 0 Å². The number of nitrogens with two attached hydrogens (primary N) is 1. The van der Waals surface area contributed by atoms with Gasteiger partial charge in [0.2, 0.25) is 0 Å². The summed E-state index contributed by atoms with van der Waals surface area (Å²) in [5.41, 5.74) is 1.33. The highest BCUT2D eigenvalue weighted by Gasteiger charge is 2.38. The van der Waals surface area contributed by atoms with E-state index < -0.39 is 41.4 Å². The molecule has 0 aliphatic carbocycles. The molecule has 0 atom stereocenters. The monoisotopic (exact) mass is 341 g/mol. The molecule has 3 amide bonds. The molecule has 1 heterocycles. The van der Waals surface area contributed by atoms with Crippen molar-refractivity contribution in [1.29, 1.82) is 0 Å². The molecular weight excluding hydrogens is 331 g/mol. The highest BCUT2D eigenvalue weighted by atomic mass is 19.4. The molecule has 10 nitrogen and oxygen atoms in total. The number of nitrogens with zero attached hydrogens (tertiary/aromatic N) is 1. The number of rotatable bonds is 4. The number of nitrogens with one attached hydrogen (secondary N) is 1. The molecule has 1 aliphatic heterocycles. The van der Waals surface area contributed by atoms with E-state index in [4.69, 9.17) is 20.9 Å². The van der Waals surface area contributed by atoms with Gasteiger partial charge in [0.05, 0.1) is 6.42 Å². The van der Waals surface area contributed by atoms with Gasteiger partial charge in [-0.05, 0) is 0 Å². The van der Waals surface area contributed by atoms with Crippen LogP contribution < -0.4 is 11.3 Å². The summed E-state index contributed by atoms with van der Waals surface area (Å²) in [5, 5.41) is 15.5. The SMILES string of the molecule is NNC(=O)C1=CC(=O)N(CCC(=O)O)C1=O.O=C(O)C(F)(F)F. The van der Waals surface area contributed by atoms with Crippen LogP contribution >= 0.6 is 0 Å². The summed E-state index contributed by atoms with van der Waals surface area (Å²) in [4.78, 5) is 53.6. The summed E-state index contributed by atoms with van der Waals surface area (Å²) in [5.74, 6) is -1.52.